The van der Waals surface area contributed by atoms with E-state index in [0.717, 1.165) is 18.0 Å². The summed E-state index contributed by atoms with van der Waals surface area (Å²) in [5.74, 6) is 0.420. The predicted molar refractivity (Wildman–Crippen MR) is 70.4 cm³/mol. The molecular weight excluding hydrogens is 242 g/mol. The molecular formula is C11H17NO2S2. The number of nitrogens with one attached hydrogen (secondary N) is 1. The smallest absolute Gasteiger partial charge is 0.308 e. The summed E-state index contributed by atoms with van der Waals surface area (Å²) in [6, 6.07) is 3.90. The fourth-order valence-electron chi connectivity index (χ4n) is 1.31. The standard InChI is InChI=1S/C11H17NO2S2/c1-15-6-2-5-12-8-10-4-3-9(16-10)7-11(13)14/h3-4,12H,2,5-8H2,1H3,(H,13,14). The van der Waals surface area contributed by atoms with Crippen LogP contribution in [0.5, 0.6) is 0 Å². The van der Waals surface area contributed by atoms with Gasteiger partial charge in [-0.3, -0.25) is 4.79 Å². The van der Waals surface area contributed by atoms with Gasteiger partial charge in [-0.2, -0.15) is 11.8 Å². The summed E-state index contributed by atoms with van der Waals surface area (Å²) in [6.45, 7) is 1.87. The second-order valence-electron chi connectivity index (χ2n) is 3.46. The van der Waals surface area contributed by atoms with Gasteiger partial charge in [0.25, 0.3) is 0 Å². The van der Waals surface area contributed by atoms with E-state index in [1.165, 1.54) is 17.1 Å². The van der Waals surface area contributed by atoms with Gasteiger partial charge >= 0.3 is 5.97 Å². The first-order valence-electron chi connectivity index (χ1n) is 5.21. The van der Waals surface area contributed by atoms with Crippen LogP contribution in [0.15, 0.2) is 12.1 Å². The zero-order valence-electron chi connectivity index (χ0n) is 9.36. The molecule has 0 aliphatic rings. The average Bonchev–Trinajstić information content (AvgIpc) is 2.64. The maximum atomic E-state index is 10.5. The molecule has 0 fully saturated rings. The Hall–Kier alpha value is -0.520. The van der Waals surface area contributed by atoms with Crippen LogP contribution in [0.2, 0.25) is 0 Å². The van der Waals surface area contributed by atoms with Gasteiger partial charge in [-0.25, -0.2) is 0 Å². The fraction of sp³-hybridized carbons (Fsp3) is 0.545. The first-order valence-corrected chi connectivity index (χ1v) is 7.42. The molecule has 0 aromatic carbocycles. The molecule has 90 valence electrons. The van der Waals surface area contributed by atoms with Crippen LogP contribution in [-0.2, 0) is 17.8 Å². The minimum absolute atomic E-state index is 0.136. The third-order valence-corrected chi connectivity index (χ3v) is 3.83. The lowest BCUT2D eigenvalue weighted by Gasteiger charge is -2.01. The molecule has 1 aromatic rings. The van der Waals surface area contributed by atoms with Gasteiger partial charge < -0.3 is 10.4 Å². The third kappa shape index (κ3) is 5.53. The summed E-state index contributed by atoms with van der Waals surface area (Å²) < 4.78 is 0. The van der Waals surface area contributed by atoms with E-state index in [1.54, 1.807) is 11.3 Å². The molecule has 0 spiro atoms. The fourth-order valence-corrected chi connectivity index (χ4v) is 2.73. The molecule has 0 atom stereocenters. The highest BCUT2D eigenvalue weighted by Gasteiger charge is 2.03. The lowest BCUT2D eigenvalue weighted by molar-refractivity contribution is -0.136. The Labute approximate surface area is 104 Å². The van der Waals surface area contributed by atoms with Crippen molar-refractivity contribution in [1.29, 1.82) is 0 Å². The number of hydrogen-bond donors (Lipinski definition) is 2. The molecule has 0 aliphatic carbocycles. The van der Waals surface area contributed by atoms with E-state index in [2.05, 4.69) is 11.6 Å². The van der Waals surface area contributed by atoms with Gasteiger partial charge in [0.15, 0.2) is 0 Å². The number of rotatable bonds is 8. The number of carbonyl (C=O) groups is 1. The van der Waals surface area contributed by atoms with Crippen molar-refractivity contribution < 1.29 is 9.90 Å². The van der Waals surface area contributed by atoms with Crippen molar-refractivity contribution >= 4 is 29.1 Å². The van der Waals surface area contributed by atoms with Gasteiger partial charge in [0.1, 0.15) is 0 Å². The van der Waals surface area contributed by atoms with E-state index in [4.69, 9.17) is 5.11 Å². The molecule has 0 bridgehead atoms. The topological polar surface area (TPSA) is 49.3 Å². The molecule has 16 heavy (non-hydrogen) atoms. The minimum atomic E-state index is -0.763. The third-order valence-electron chi connectivity index (χ3n) is 2.04. The second-order valence-corrected chi connectivity index (χ2v) is 5.70. The number of thioether (sulfide) groups is 1. The van der Waals surface area contributed by atoms with Crippen molar-refractivity contribution in [2.45, 2.75) is 19.4 Å². The summed E-state index contributed by atoms with van der Waals surface area (Å²) in [5, 5.41) is 12.0. The summed E-state index contributed by atoms with van der Waals surface area (Å²) in [5.41, 5.74) is 0. The Kier molecular flexibility index (Phi) is 6.52. The van der Waals surface area contributed by atoms with Crippen molar-refractivity contribution in [3.05, 3.63) is 21.9 Å². The summed E-state index contributed by atoms with van der Waals surface area (Å²) >= 11 is 3.43. The van der Waals surface area contributed by atoms with Crippen molar-refractivity contribution in [2.75, 3.05) is 18.6 Å². The monoisotopic (exact) mass is 259 g/mol. The van der Waals surface area contributed by atoms with Gasteiger partial charge in [0.2, 0.25) is 0 Å². The Morgan fingerprint density at radius 3 is 2.94 bits per heavy atom. The molecule has 0 aliphatic heterocycles. The molecule has 1 heterocycles. The van der Waals surface area contributed by atoms with E-state index in [1.807, 2.05) is 23.9 Å². The van der Waals surface area contributed by atoms with Crippen molar-refractivity contribution in [3.63, 3.8) is 0 Å². The molecule has 1 rings (SSSR count). The molecule has 0 unspecified atom stereocenters. The van der Waals surface area contributed by atoms with Gasteiger partial charge in [0.05, 0.1) is 6.42 Å². The highest BCUT2D eigenvalue weighted by molar-refractivity contribution is 7.98. The van der Waals surface area contributed by atoms with E-state index in [9.17, 15) is 4.79 Å². The number of hydrogen-bond acceptors (Lipinski definition) is 4. The summed E-state index contributed by atoms with van der Waals surface area (Å²) in [7, 11) is 0. The zero-order chi connectivity index (χ0) is 11.8. The number of thiophene rings is 1. The first kappa shape index (κ1) is 13.5. The Morgan fingerprint density at radius 2 is 2.25 bits per heavy atom. The van der Waals surface area contributed by atoms with Crippen LogP contribution < -0.4 is 5.32 Å². The molecule has 2 N–H and O–H groups in total. The first-order chi connectivity index (χ1) is 7.72. The highest BCUT2D eigenvalue weighted by atomic mass is 32.2. The maximum Gasteiger partial charge on any atom is 0.308 e. The molecule has 1 aromatic heterocycles. The van der Waals surface area contributed by atoms with E-state index >= 15 is 0 Å². The minimum Gasteiger partial charge on any atom is -0.481 e. The van der Waals surface area contributed by atoms with Gasteiger partial charge in [0, 0.05) is 16.3 Å². The maximum absolute atomic E-state index is 10.5. The lowest BCUT2D eigenvalue weighted by Crippen LogP contribution is -2.14. The van der Waals surface area contributed by atoms with Crippen LogP contribution >= 0.6 is 23.1 Å². The average molecular weight is 259 g/mol. The van der Waals surface area contributed by atoms with Crippen LogP contribution in [0.3, 0.4) is 0 Å². The van der Waals surface area contributed by atoms with Gasteiger partial charge in [-0.1, -0.05) is 0 Å². The molecule has 0 amide bonds. The quantitative estimate of drug-likeness (QED) is 0.703. The molecule has 0 radical (unpaired) electrons. The van der Waals surface area contributed by atoms with E-state index < -0.39 is 5.97 Å². The van der Waals surface area contributed by atoms with E-state index in [0.29, 0.717) is 0 Å². The lowest BCUT2D eigenvalue weighted by atomic mass is 10.3. The SMILES string of the molecule is CSCCCNCc1ccc(CC(=O)O)s1. The van der Waals surface area contributed by atoms with Crippen LogP contribution in [0, 0.1) is 0 Å². The van der Waals surface area contributed by atoms with Crippen LogP contribution in [0.4, 0.5) is 0 Å². The predicted octanol–water partition coefficient (Wildman–Crippen LogP) is 2.22. The Balaban J connectivity index is 2.21. The summed E-state index contributed by atoms with van der Waals surface area (Å²) in [4.78, 5) is 12.6. The summed E-state index contributed by atoms with van der Waals surface area (Å²) in [6.07, 6.45) is 3.42. The number of carboxylic acids is 1. The van der Waals surface area contributed by atoms with Crippen LogP contribution in [0.1, 0.15) is 16.2 Å². The van der Waals surface area contributed by atoms with Crippen molar-refractivity contribution in [3.8, 4) is 0 Å². The molecule has 5 heteroatoms. The Bertz CT molecular complexity index is 326. The van der Waals surface area contributed by atoms with Gasteiger partial charge in [-0.05, 0) is 37.1 Å². The normalized spacial score (nSPS) is 10.6. The van der Waals surface area contributed by atoms with Crippen molar-refractivity contribution in [2.24, 2.45) is 0 Å². The highest BCUT2D eigenvalue weighted by Crippen LogP contribution is 2.16. The molecule has 0 saturated carbocycles. The van der Waals surface area contributed by atoms with Gasteiger partial charge in [-0.15, -0.1) is 11.3 Å². The molecule has 0 saturated heterocycles. The van der Waals surface area contributed by atoms with Crippen LogP contribution in [0.25, 0.3) is 0 Å². The number of carboxylic acid groups (broad SMARTS) is 1. The van der Waals surface area contributed by atoms with Crippen molar-refractivity contribution in [1.82, 2.24) is 5.32 Å². The number of aliphatic carboxylic acids is 1. The Morgan fingerprint density at radius 1 is 1.50 bits per heavy atom. The second kappa shape index (κ2) is 7.70. The zero-order valence-corrected chi connectivity index (χ0v) is 11.0. The van der Waals surface area contributed by atoms with Crippen LogP contribution in [-0.4, -0.2) is 29.6 Å². The largest absolute Gasteiger partial charge is 0.481 e. The van der Waals surface area contributed by atoms with E-state index in [-0.39, 0.29) is 6.42 Å². The molecule has 3 nitrogen and oxygen atoms in total.